The van der Waals surface area contributed by atoms with Gasteiger partial charge in [0.2, 0.25) is 5.91 Å². The van der Waals surface area contributed by atoms with Gasteiger partial charge in [0.05, 0.1) is 17.3 Å². The average molecular weight is 489 g/mol. The second-order valence-electron chi connectivity index (χ2n) is 10.4. The largest absolute Gasteiger partial charge is 0.393 e. The van der Waals surface area contributed by atoms with E-state index >= 15 is 0 Å². The van der Waals surface area contributed by atoms with E-state index in [9.17, 15) is 9.90 Å². The van der Waals surface area contributed by atoms with Crippen LogP contribution in [0.25, 0.3) is 16.6 Å². The lowest BCUT2D eigenvalue weighted by Gasteiger charge is -2.40. The SMILES string of the molecule is CCN1CCN(c2ccc(-c3cc4c(N5CCN(C(=O)[C@H]6C[C@@H](O)C6)CC5)ccnn4c3)cc2)CC1. The van der Waals surface area contributed by atoms with E-state index in [-0.39, 0.29) is 17.9 Å². The van der Waals surface area contributed by atoms with E-state index in [0.717, 1.165) is 75.7 Å². The van der Waals surface area contributed by atoms with Gasteiger partial charge in [-0.25, -0.2) is 4.52 Å². The van der Waals surface area contributed by atoms with E-state index in [1.54, 1.807) is 0 Å². The Morgan fingerprint density at radius 1 is 0.917 bits per heavy atom. The molecule has 8 heteroatoms. The Morgan fingerprint density at radius 3 is 2.28 bits per heavy atom. The Labute approximate surface area is 212 Å². The highest BCUT2D eigenvalue weighted by atomic mass is 16.3. The van der Waals surface area contributed by atoms with Crippen molar-refractivity contribution < 1.29 is 9.90 Å². The van der Waals surface area contributed by atoms with Gasteiger partial charge >= 0.3 is 0 Å². The molecule has 0 bridgehead atoms. The molecule has 8 nitrogen and oxygen atoms in total. The summed E-state index contributed by atoms with van der Waals surface area (Å²) in [6.07, 6.45) is 4.91. The molecule has 1 aliphatic carbocycles. The Morgan fingerprint density at radius 2 is 1.61 bits per heavy atom. The van der Waals surface area contributed by atoms with E-state index < -0.39 is 0 Å². The van der Waals surface area contributed by atoms with Crippen molar-refractivity contribution in [1.29, 1.82) is 0 Å². The number of fused-ring (bicyclic) bond motifs is 1. The minimum atomic E-state index is -0.290. The summed E-state index contributed by atoms with van der Waals surface area (Å²) in [7, 11) is 0. The summed E-state index contributed by atoms with van der Waals surface area (Å²) in [6.45, 7) is 10.8. The molecule has 6 rings (SSSR count). The molecule has 2 aromatic heterocycles. The van der Waals surface area contributed by atoms with E-state index in [0.29, 0.717) is 12.8 Å². The van der Waals surface area contributed by atoms with Crippen LogP contribution in [-0.4, -0.2) is 95.4 Å². The molecule has 1 saturated carbocycles. The third-order valence-electron chi connectivity index (χ3n) is 8.27. The first-order valence-corrected chi connectivity index (χ1v) is 13.4. The van der Waals surface area contributed by atoms with Gasteiger partial charge in [0.1, 0.15) is 0 Å². The molecule has 3 aliphatic rings. The lowest BCUT2D eigenvalue weighted by Crippen LogP contribution is -2.52. The van der Waals surface area contributed by atoms with Crippen molar-refractivity contribution in [2.75, 3.05) is 68.7 Å². The normalized spacial score (nSPS) is 23.2. The molecule has 0 unspecified atom stereocenters. The Balaban J connectivity index is 1.15. The van der Waals surface area contributed by atoms with E-state index in [4.69, 9.17) is 0 Å². The highest BCUT2D eigenvalue weighted by Gasteiger charge is 2.36. The average Bonchev–Trinajstić information content (AvgIpc) is 3.36. The molecule has 1 amide bonds. The number of carbonyl (C=O) groups is 1. The number of carbonyl (C=O) groups excluding carboxylic acids is 1. The summed E-state index contributed by atoms with van der Waals surface area (Å²) < 4.78 is 1.97. The number of benzene rings is 1. The van der Waals surface area contributed by atoms with E-state index in [1.165, 1.54) is 11.3 Å². The Hall–Kier alpha value is -3.10. The van der Waals surface area contributed by atoms with Crippen molar-refractivity contribution in [3.05, 3.63) is 48.8 Å². The number of aliphatic hydroxyl groups excluding tert-OH is 1. The lowest BCUT2D eigenvalue weighted by molar-refractivity contribution is -0.142. The highest BCUT2D eigenvalue weighted by Crippen LogP contribution is 2.32. The number of aromatic nitrogens is 2. The number of likely N-dealkylation sites (N-methyl/N-ethyl adjacent to an activating group) is 1. The Kier molecular flexibility index (Phi) is 6.31. The van der Waals surface area contributed by atoms with Gasteiger partial charge in [0.25, 0.3) is 0 Å². The standard InChI is InChI=1S/C28H36N6O2/c1-2-30-9-11-31(12-10-30)24-5-3-21(4-6-24)23-19-27-26(7-8-29-34(27)20-23)32-13-15-33(16-14-32)28(36)22-17-25(35)18-22/h3-8,19-20,22,25,35H,2,9-18H2,1H3/t22-,25+. The van der Waals surface area contributed by atoms with Gasteiger partial charge in [0.15, 0.2) is 0 Å². The topological polar surface area (TPSA) is 67.6 Å². The predicted octanol–water partition coefficient (Wildman–Crippen LogP) is 2.56. The van der Waals surface area contributed by atoms with Gasteiger partial charge in [0, 0.05) is 81.9 Å². The molecule has 190 valence electrons. The summed E-state index contributed by atoms with van der Waals surface area (Å²) in [5, 5.41) is 14.1. The van der Waals surface area contributed by atoms with Crippen molar-refractivity contribution in [2.24, 2.45) is 5.92 Å². The molecule has 0 radical (unpaired) electrons. The minimum Gasteiger partial charge on any atom is -0.393 e. The molecular formula is C28H36N6O2. The van der Waals surface area contributed by atoms with Gasteiger partial charge in [-0.2, -0.15) is 5.10 Å². The zero-order valence-corrected chi connectivity index (χ0v) is 21.1. The van der Waals surface area contributed by atoms with Crippen LogP contribution in [0.3, 0.4) is 0 Å². The van der Waals surface area contributed by atoms with Gasteiger partial charge in [-0.3, -0.25) is 4.79 Å². The van der Waals surface area contributed by atoms with Crippen LogP contribution in [0.2, 0.25) is 0 Å². The fraction of sp³-hybridized carbons (Fsp3) is 0.500. The molecule has 0 spiro atoms. The van der Waals surface area contributed by atoms with Gasteiger partial charge in [-0.05, 0) is 49.2 Å². The fourth-order valence-corrected chi connectivity index (χ4v) is 5.83. The Bertz CT molecular complexity index is 1200. The summed E-state index contributed by atoms with van der Waals surface area (Å²) in [4.78, 5) is 22.0. The van der Waals surface area contributed by atoms with Crippen molar-refractivity contribution in [3.63, 3.8) is 0 Å². The number of aliphatic hydroxyl groups is 1. The first kappa shape index (κ1) is 23.3. The summed E-state index contributed by atoms with van der Waals surface area (Å²) in [5.74, 6) is 0.222. The number of rotatable bonds is 5. The molecule has 0 atom stereocenters. The van der Waals surface area contributed by atoms with Crippen LogP contribution in [0.5, 0.6) is 0 Å². The predicted molar refractivity (Wildman–Crippen MR) is 142 cm³/mol. The maximum atomic E-state index is 12.7. The minimum absolute atomic E-state index is 0.0136. The first-order chi connectivity index (χ1) is 17.6. The molecule has 2 saturated heterocycles. The zero-order chi connectivity index (χ0) is 24.6. The molecule has 2 aliphatic heterocycles. The van der Waals surface area contributed by atoms with Crippen LogP contribution in [0.1, 0.15) is 19.8 Å². The third kappa shape index (κ3) is 4.44. The van der Waals surface area contributed by atoms with E-state index in [2.05, 4.69) is 69.3 Å². The molecule has 3 aromatic rings. The van der Waals surface area contributed by atoms with Crippen LogP contribution >= 0.6 is 0 Å². The third-order valence-corrected chi connectivity index (χ3v) is 8.27. The van der Waals surface area contributed by atoms with Gasteiger partial charge in [-0.1, -0.05) is 19.1 Å². The summed E-state index contributed by atoms with van der Waals surface area (Å²) in [6, 6.07) is 13.2. The fourth-order valence-electron chi connectivity index (χ4n) is 5.83. The number of hydrogen-bond donors (Lipinski definition) is 1. The second-order valence-corrected chi connectivity index (χ2v) is 10.4. The van der Waals surface area contributed by atoms with Gasteiger partial charge < -0.3 is 24.7 Å². The quantitative estimate of drug-likeness (QED) is 0.596. The first-order valence-electron chi connectivity index (χ1n) is 13.4. The maximum Gasteiger partial charge on any atom is 0.226 e. The van der Waals surface area contributed by atoms with Crippen LogP contribution in [-0.2, 0) is 4.79 Å². The maximum absolute atomic E-state index is 12.7. The molecule has 3 fully saturated rings. The smallest absolute Gasteiger partial charge is 0.226 e. The molecule has 1 aromatic carbocycles. The zero-order valence-electron chi connectivity index (χ0n) is 21.1. The van der Waals surface area contributed by atoms with Crippen molar-refractivity contribution in [1.82, 2.24) is 19.4 Å². The number of hydrogen-bond acceptors (Lipinski definition) is 6. The van der Waals surface area contributed by atoms with Crippen molar-refractivity contribution >= 4 is 22.8 Å². The number of piperazine rings is 2. The lowest BCUT2D eigenvalue weighted by atomic mass is 9.81. The number of nitrogens with zero attached hydrogens (tertiary/aromatic N) is 6. The van der Waals surface area contributed by atoms with Crippen LogP contribution in [0.15, 0.2) is 48.8 Å². The van der Waals surface area contributed by atoms with Crippen molar-refractivity contribution in [2.45, 2.75) is 25.9 Å². The van der Waals surface area contributed by atoms with Crippen LogP contribution in [0.4, 0.5) is 11.4 Å². The molecular weight excluding hydrogens is 452 g/mol. The highest BCUT2D eigenvalue weighted by molar-refractivity contribution is 5.82. The molecule has 1 N–H and O–H groups in total. The van der Waals surface area contributed by atoms with E-state index in [1.807, 2.05) is 15.6 Å². The van der Waals surface area contributed by atoms with Gasteiger partial charge in [-0.15, -0.1) is 0 Å². The monoisotopic (exact) mass is 488 g/mol. The molecule has 4 heterocycles. The summed E-state index contributed by atoms with van der Waals surface area (Å²) >= 11 is 0. The second kappa shape index (κ2) is 9.75. The van der Waals surface area contributed by atoms with Crippen molar-refractivity contribution in [3.8, 4) is 11.1 Å². The van der Waals surface area contributed by atoms with Crippen LogP contribution in [0, 0.1) is 5.92 Å². The van der Waals surface area contributed by atoms with Crippen LogP contribution < -0.4 is 9.80 Å². The number of amides is 1. The molecule has 36 heavy (non-hydrogen) atoms. The summed E-state index contributed by atoms with van der Waals surface area (Å²) in [5.41, 5.74) is 5.90. The number of anilines is 2.